The SMILES string of the molecule is CN(c1ccc(-c2cccnc2)cc1)c1c(F)c(F)c(F)c(F)c1F. The molecule has 1 aromatic heterocycles. The molecule has 3 aromatic rings. The Bertz CT molecular complexity index is 882. The highest BCUT2D eigenvalue weighted by atomic mass is 19.2. The number of hydrogen-bond donors (Lipinski definition) is 0. The molecule has 0 aliphatic heterocycles. The Morgan fingerprint density at radius 1 is 0.720 bits per heavy atom. The number of pyridine rings is 1. The van der Waals surface area contributed by atoms with E-state index in [0.717, 1.165) is 16.0 Å². The van der Waals surface area contributed by atoms with Gasteiger partial charge in [-0.05, 0) is 29.3 Å². The van der Waals surface area contributed by atoms with Gasteiger partial charge in [0.05, 0.1) is 0 Å². The van der Waals surface area contributed by atoms with E-state index in [1.165, 1.54) is 19.2 Å². The van der Waals surface area contributed by atoms with Gasteiger partial charge in [0.15, 0.2) is 23.3 Å². The van der Waals surface area contributed by atoms with Gasteiger partial charge in [0.25, 0.3) is 0 Å². The molecule has 0 aliphatic carbocycles. The topological polar surface area (TPSA) is 16.1 Å². The lowest BCUT2D eigenvalue weighted by molar-refractivity contribution is 0.380. The molecule has 0 saturated carbocycles. The van der Waals surface area contributed by atoms with Crippen LogP contribution in [0.5, 0.6) is 0 Å². The van der Waals surface area contributed by atoms with E-state index in [1.54, 1.807) is 30.6 Å². The summed E-state index contributed by atoms with van der Waals surface area (Å²) in [6, 6.07) is 9.94. The maximum atomic E-state index is 13.9. The minimum atomic E-state index is -2.18. The van der Waals surface area contributed by atoms with E-state index >= 15 is 0 Å². The zero-order valence-corrected chi connectivity index (χ0v) is 12.9. The summed E-state index contributed by atoms with van der Waals surface area (Å²) in [5.74, 6) is -9.90. The molecule has 0 aliphatic rings. The second-order valence-corrected chi connectivity index (χ2v) is 5.27. The van der Waals surface area contributed by atoms with Crippen LogP contribution in [0.1, 0.15) is 0 Å². The van der Waals surface area contributed by atoms with Crippen molar-refractivity contribution in [2.75, 3.05) is 11.9 Å². The van der Waals surface area contributed by atoms with Crippen molar-refractivity contribution in [3.63, 3.8) is 0 Å². The molecule has 128 valence electrons. The van der Waals surface area contributed by atoms with Gasteiger partial charge in [-0.2, -0.15) is 0 Å². The van der Waals surface area contributed by atoms with Gasteiger partial charge in [-0.25, -0.2) is 22.0 Å². The van der Waals surface area contributed by atoms with E-state index in [4.69, 9.17) is 0 Å². The molecule has 0 unspecified atom stereocenters. The van der Waals surface area contributed by atoms with Crippen molar-refractivity contribution in [1.82, 2.24) is 4.98 Å². The molecule has 1 heterocycles. The van der Waals surface area contributed by atoms with E-state index in [-0.39, 0.29) is 5.69 Å². The van der Waals surface area contributed by atoms with E-state index in [1.807, 2.05) is 6.07 Å². The van der Waals surface area contributed by atoms with Crippen molar-refractivity contribution in [3.05, 3.63) is 77.9 Å². The van der Waals surface area contributed by atoms with E-state index in [2.05, 4.69) is 4.98 Å². The first-order chi connectivity index (χ1) is 11.9. The van der Waals surface area contributed by atoms with Crippen LogP contribution >= 0.6 is 0 Å². The summed E-state index contributed by atoms with van der Waals surface area (Å²) in [6.45, 7) is 0. The summed E-state index contributed by atoms with van der Waals surface area (Å²) in [4.78, 5) is 4.89. The number of nitrogens with zero attached hydrogens (tertiary/aromatic N) is 2. The molecule has 7 heteroatoms. The van der Waals surface area contributed by atoms with Crippen molar-refractivity contribution >= 4 is 11.4 Å². The molecule has 0 N–H and O–H groups in total. The molecule has 3 rings (SSSR count). The molecule has 0 amide bonds. The van der Waals surface area contributed by atoms with E-state index < -0.39 is 34.8 Å². The predicted molar refractivity (Wildman–Crippen MR) is 84.0 cm³/mol. The number of anilines is 2. The molecule has 0 spiro atoms. The monoisotopic (exact) mass is 350 g/mol. The standard InChI is InChI=1S/C18H11F5N2/c1-25(18-16(22)14(20)13(19)15(21)17(18)23)12-6-4-10(5-7-12)11-3-2-8-24-9-11/h2-9H,1H3. The molecule has 0 radical (unpaired) electrons. The number of aromatic nitrogens is 1. The van der Waals surface area contributed by atoms with E-state index in [0.29, 0.717) is 0 Å². The number of benzene rings is 2. The highest BCUT2D eigenvalue weighted by Crippen LogP contribution is 2.34. The molecule has 2 nitrogen and oxygen atoms in total. The van der Waals surface area contributed by atoms with Crippen molar-refractivity contribution in [3.8, 4) is 11.1 Å². The molecule has 0 bridgehead atoms. The molecule has 25 heavy (non-hydrogen) atoms. The van der Waals surface area contributed by atoms with Gasteiger partial charge < -0.3 is 4.90 Å². The predicted octanol–water partition coefficient (Wildman–Crippen LogP) is 5.21. The second kappa shape index (κ2) is 6.51. The smallest absolute Gasteiger partial charge is 0.200 e. The van der Waals surface area contributed by atoms with Crippen LogP contribution < -0.4 is 4.90 Å². The summed E-state index contributed by atoms with van der Waals surface area (Å²) in [5.41, 5.74) is 0.872. The van der Waals surface area contributed by atoms with Gasteiger partial charge in [0.1, 0.15) is 5.69 Å². The van der Waals surface area contributed by atoms with Crippen LogP contribution in [0.4, 0.5) is 33.3 Å². The summed E-state index contributed by atoms with van der Waals surface area (Å²) < 4.78 is 67.7. The second-order valence-electron chi connectivity index (χ2n) is 5.27. The highest BCUT2D eigenvalue weighted by Gasteiger charge is 2.28. The molecule has 2 aromatic carbocycles. The van der Waals surface area contributed by atoms with Crippen LogP contribution in [-0.2, 0) is 0 Å². The quantitative estimate of drug-likeness (QED) is 0.366. The zero-order valence-electron chi connectivity index (χ0n) is 12.9. The lowest BCUT2D eigenvalue weighted by Crippen LogP contribution is -2.16. The minimum Gasteiger partial charge on any atom is -0.340 e. The summed E-state index contributed by atoms with van der Waals surface area (Å²) >= 11 is 0. The van der Waals surface area contributed by atoms with Crippen molar-refractivity contribution < 1.29 is 22.0 Å². The van der Waals surface area contributed by atoms with Crippen LogP contribution in [-0.4, -0.2) is 12.0 Å². The fourth-order valence-corrected chi connectivity index (χ4v) is 2.43. The lowest BCUT2D eigenvalue weighted by Gasteiger charge is -2.21. The first kappa shape index (κ1) is 16.9. The fraction of sp³-hybridized carbons (Fsp3) is 0.0556. The highest BCUT2D eigenvalue weighted by molar-refractivity contribution is 5.69. The Morgan fingerprint density at radius 2 is 1.28 bits per heavy atom. The van der Waals surface area contributed by atoms with Crippen LogP contribution in [0.3, 0.4) is 0 Å². The molecule has 0 saturated heterocycles. The van der Waals surface area contributed by atoms with Crippen molar-refractivity contribution in [1.29, 1.82) is 0 Å². The molecular weight excluding hydrogens is 339 g/mol. The third kappa shape index (κ3) is 2.93. The minimum absolute atomic E-state index is 0.260. The van der Waals surface area contributed by atoms with Gasteiger partial charge >= 0.3 is 0 Å². The van der Waals surface area contributed by atoms with Crippen LogP contribution in [0, 0.1) is 29.1 Å². The Kier molecular flexibility index (Phi) is 4.39. The largest absolute Gasteiger partial charge is 0.340 e. The van der Waals surface area contributed by atoms with Crippen molar-refractivity contribution in [2.24, 2.45) is 0 Å². The Hall–Kier alpha value is -2.96. The van der Waals surface area contributed by atoms with Gasteiger partial charge in [0, 0.05) is 25.1 Å². The third-order valence-electron chi connectivity index (χ3n) is 3.77. The maximum Gasteiger partial charge on any atom is 0.200 e. The number of rotatable bonds is 3. The summed E-state index contributed by atoms with van der Waals surface area (Å²) in [7, 11) is 1.22. The summed E-state index contributed by atoms with van der Waals surface area (Å²) in [5, 5.41) is 0. The maximum absolute atomic E-state index is 13.9. The summed E-state index contributed by atoms with van der Waals surface area (Å²) in [6.07, 6.45) is 3.26. The zero-order chi connectivity index (χ0) is 18.1. The van der Waals surface area contributed by atoms with Gasteiger partial charge in [-0.3, -0.25) is 4.98 Å². The first-order valence-corrected chi connectivity index (χ1v) is 7.17. The normalized spacial score (nSPS) is 10.8. The Balaban J connectivity index is 2.01. The van der Waals surface area contributed by atoms with E-state index in [9.17, 15) is 22.0 Å². The average Bonchev–Trinajstić information content (AvgIpc) is 2.65. The fourth-order valence-electron chi connectivity index (χ4n) is 2.43. The lowest BCUT2D eigenvalue weighted by atomic mass is 10.1. The number of halogens is 5. The van der Waals surface area contributed by atoms with Crippen LogP contribution in [0.25, 0.3) is 11.1 Å². The van der Waals surface area contributed by atoms with Gasteiger partial charge in [0.2, 0.25) is 5.82 Å². The van der Waals surface area contributed by atoms with Gasteiger partial charge in [-0.1, -0.05) is 18.2 Å². The number of hydrogen-bond acceptors (Lipinski definition) is 2. The third-order valence-corrected chi connectivity index (χ3v) is 3.77. The average molecular weight is 350 g/mol. The molecule has 0 fully saturated rings. The molecule has 0 atom stereocenters. The Labute approximate surface area is 140 Å². The van der Waals surface area contributed by atoms with Crippen LogP contribution in [0.2, 0.25) is 0 Å². The first-order valence-electron chi connectivity index (χ1n) is 7.17. The van der Waals surface area contributed by atoms with Crippen molar-refractivity contribution in [2.45, 2.75) is 0 Å². The molecular formula is C18H11F5N2. The van der Waals surface area contributed by atoms with Crippen LogP contribution in [0.15, 0.2) is 48.8 Å². The van der Waals surface area contributed by atoms with Gasteiger partial charge in [-0.15, -0.1) is 0 Å². The Morgan fingerprint density at radius 3 is 1.80 bits per heavy atom.